The summed E-state index contributed by atoms with van der Waals surface area (Å²) in [6, 6.07) is 17.9. The van der Waals surface area contributed by atoms with Crippen molar-refractivity contribution in [3.8, 4) is 11.4 Å². The molecule has 140 valence electrons. The largest absolute Gasteiger partial charge is 0.490 e. The van der Waals surface area contributed by atoms with Gasteiger partial charge in [0.2, 0.25) is 0 Å². The third-order valence-corrected chi connectivity index (χ3v) is 5.77. The Hall–Kier alpha value is -3.32. The quantitative estimate of drug-likeness (QED) is 0.562. The second-order valence-corrected chi connectivity index (χ2v) is 7.91. The highest BCUT2D eigenvalue weighted by atomic mass is 32.1. The van der Waals surface area contributed by atoms with Crippen LogP contribution in [0.25, 0.3) is 16.0 Å². The molecule has 0 radical (unpaired) electrons. The highest BCUT2D eigenvalue weighted by molar-refractivity contribution is 7.18. The molecule has 2 aromatic heterocycles. The first-order valence-corrected chi connectivity index (χ1v) is 9.82. The first-order valence-electron chi connectivity index (χ1n) is 9.00. The van der Waals surface area contributed by atoms with E-state index in [2.05, 4.69) is 22.0 Å². The van der Waals surface area contributed by atoms with Gasteiger partial charge in [0.05, 0.1) is 23.4 Å². The third-order valence-electron chi connectivity index (χ3n) is 4.83. The van der Waals surface area contributed by atoms with E-state index in [0.29, 0.717) is 6.61 Å². The maximum Gasteiger partial charge on any atom is 0.298 e. The first-order chi connectivity index (χ1) is 13.6. The molecule has 0 aliphatic carbocycles. The van der Waals surface area contributed by atoms with E-state index in [9.17, 15) is 4.79 Å². The molecule has 4 aromatic rings. The van der Waals surface area contributed by atoms with Crippen molar-refractivity contribution in [3.63, 3.8) is 0 Å². The molecule has 0 bridgehead atoms. The van der Waals surface area contributed by atoms with Crippen molar-refractivity contribution in [2.75, 3.05) is 23.8 Å². The van der Waals surface area contributed by atoms with Crippen LogP contribution < -0.4 is 20.9 Å². The summed E-state index contributed by atoms with van der Waals surface area (Å²) >= 11 is 1.52. The number of nitrogens with zero attached hydrogens (tertiary/aromatic N) is 3. The van der Waals surface area contributed by atoms with Crippen LogP contribution in [-0.2, 0) is 0 Å². The molecule has 2 aromatic carbocycles. The molecule has 3 heterocycles. The standard InChI is InChI=1S/C21H18N4O2S/c1-13-11-17-20(28-13)23-19(22)21(26)25(17)15-7-8-18-16(12-15)24(9-10-27-18)14-5-3-2-4-6-14/h2-8,11-12H,9-10H2,1H3,(H2,22,23). The summed E-state index contributed by atoms with van der Waals surface area (Å²) in [7, 11) is 0. The number of rotatable bonds is 2. The molecule has 0 atom stereocenters. The number of thiophene rings is 1. The molecule has 0 saturated heterocycles. The maximum atomic E-state index is 12.8. The number of aryl methyl sites for hydroxylation is 1. The molecular weight excluding hydrogens is 372 g/mol. The minimum atomic E-state index is -0.312. The van der Waals surface area contributed by atoms with Gasteiger partial charge in [-0.3, -0.25) is 9.36 Å². The van der Waals surface area contributed by atoms with Crippen LogP contribution >= 0.6 is 11.3 Å². The van der Waals surface area contributed by atoms with Crippen LogP contribution in [0.1, 0.15) is 4.88 Å². The van der Waals surface area contributed by atoms with Gasteiger partial charge in [0.1, 0.15) is 17.2 Å². The van der Waals surface area contributed by atoms with Gasteiger partial charge in [0, 0.05) is 10.6 Å². The lowest BCUT2D eigenvalue weighted by molar-refractivity contribution is 0.314. The van der Waals surface area contributed by atoms with Crippen LogP contribution in [0.15, 0.2) is 59.4 Å². The monoisotopic (exact) mass is 390 g/mol. The molecule has 0 spiro atoms. The zero-order chi connectivity index (χ0) is 19.3. The zero-order valence-electron chi connectivity index (χ0n) is 15.3. The van der Waals surface area contributed by atoms with E-state index in [1.165, 1.54) is 11.3 Å². The fourth-order valence-corrected chi connectivity index (χ4v) is 4.46. The molecule has 0 saturated carbocycles. The summed E-state index contributed by atoms with van der Waals surface area (Å²) in [5, 5.41) is 0. The number of ether oxygens (including phenoxy) is 1. The number of benzene rings is 2. The van der Waals surface area contributed by atoms with Crippen LogP contribution in [0, 0.1) is 6.92 Å². The van der Waals surface area contributed by atoms with Crippen molar-refractivity contribution in [2.45, 2.75) is 6.92 Å². The summed E-state index contributed by atoms with van der Waals surface area (Å²) in [6.07, 6.45) is 0. The molecule has 0 fully saturated rings. The molecule has 7 heteroatoms. The lowest BCUT2D eigenvalue weighted by Gasteiger charge is -2.31. The zero-order valence-corrected chi connectivity index (χ0v) is 16.1. The van der Waals surface area contributed by atoms with E-state index >= 15 is 0 Å². The van der Waals surface area contributed by atoms with Gasteiger partial charge in [-0.1, -0.05) is 18.2 Å². The third kappa shape index (κ3) is 2.63. The Kier molecular flexibility index (Phi) is 3.84. The van der Waals surface area contributed by atoms with Crippen molar-refractivity contribution in [2.24, 2.45) is 0 Å². The van der Waals surface area contributed by atoms with Crippen LogP contribution in [0.3, 0.4) is 0 Å². The van der Waals surface area contributed by atoms with Crippen LogP contribution in [0.5, 0.6) is 5.75 Å². The van der Waals surface area contributed by atoms with E-state index in [4.69, 9.17) is 10.5 Å². The smallest absolute Gasteiger partial charge is 0.298 e. The van der Waals surface area contributed by atoms with Gasteiger partial charge in [-0.15, -0.1) is 11.3 Å². The summed E-state index contributed by atoms with van der Waals surface area (Å²) in [6.45, 7) is 3.34. The van der Waals surface area contributed by atoms with Crippen molar-refractivity contribution in [1.82, 2.24) is 9.55 Å². The Labute approximate surface area is 165 Å². The maximum absolute atomic E-state index is 12.8. The van der Waals surface area contributed by atoms with Crippen LogP contribution in [0.4, 0.5) is 17.2 Å². The van der Waals surface area contributed by atoms with Gasteiger partial charge < -0.3 is 15.4 Å². The number of hydrogen-bond acceptors (Lipinski definition) is 6. The molecular formula is C21H18N4O2S. The lowest BCUT2D eigenvalue weighted by Crippen LogP contribution is -2.29. The fourth-order valence-electron chi connectivity index (χ4n) is 3.59. The minimum Gasteiger partial charge on any atom is -0.490 e. The topological polar surface area (TPSA) is 73.4 Å². The molecule has 0 amide bonds. The SMILES string of the molecule is Cc1cc2c(nc(N)c(=O)n2-c2ccc3c(c2)N(c2ccccc2)CCO3)s1. The van der Waals surface area contributed by atoms with E-state index in [-0.39, 0.29) is 11.4 Å². The van der Waals surface area contributed by atoms with Crippen molar-refractivity contribution < 1.29 is 4.74 Å². The van der Waals surface area contributed by atoms with Gasteiger partial charge in [-0.25, -0.2) is 4.98 Å². The number of aromatic nitrogens is 2. The molecule has 5 rings (SSSR count). The minimum absolute atomic E-state index is 0.00300. The van der Waals surface area contributed by atoms with Gasteiger partial charge in [-0.05, 0) is 43.3 Å². The summed E-state index contributed by atoms with van der Waals surface area (Å²) in [5.74, 6) is 0.801. The Morgan fingerprint density at radius 1 is 1.11 bits per heavy atom. The van der Waals surface area contributed by atoms with E-state index < -0.39 is 0 Å². The van der Waals surface area contributed by atoms with Crippen molar-refractivity contribution in [1.29, 1.82) is 0 Å². The summed E-state index contributed by atoms with van der Waals surface area (Å²) in [4.78, 5) is 21.1. The molecule has 28 heavy (non-hydrogen) atoms. The predicted molar refractivity (Wildman–Crippen MR) is 113 cm³/mol. The van der Waals surface area contributed by atoms with Crippen LogP contribution in [0.2, 0.25) is 0 Å². The van der Waals surface area contributed by atoms with Gasteiger partial charge in [-0.2, -0.15) is 0 Å². The molecule has 2 N–H and O–H groups in total. The number of nitrogen functional groups attached to an aromatic ring is 1. The van der Waals surface area contributed by atoms with Crippen molar-refractivity contribution >= 4 is 38.9 Å². The molecule has 0 unspecified atom stereocenters. The number of fused-ring (bicyclic) bond motifs is 2. The Bertz CT molecular complexity index is 1250. The van der Waals surface area contributed by atoms with Crippen LogP contribution in [-0.4, -0.2) is 22.7 Å². The second kappa shape index (κ2) is 6.38. The number of hydrogen-bond donors (Lipinski definition) is 1. The highest BCUT2D eigenvalue weighted by Crippen LogP contribution is 2.38. The van der Waals surface area contributed by atoms with Gasteiger partial charge in [0.15, 0.2) is 5.82 Å². The van der Waals surface area contributed by atoms with E-state index in [1.54, 1.807) is 4.57 Å². The molecule has 1 aliphatic heterocycles. The second-order valence-electron chi connectivity index (χ2n) is 6.67. The first kappa shape index (κ1) is 16.8. The summed E-state index contributed by atoms with van der Waals surface area (Å²) < 4.78 is 7.49. The molecule has 1 aliphatic rings. The van der Waals surface area contributed by atoms with Crippen molar-refractivity contribution in [3.05, 3.63) is 69.8 Å². The number of para-hydroxylation sites is 1. The Morgan fingerprint density at radius 3 is 2.75 bits per heavy atom. The number of nitrogens with two attached hydrogens (primary N) is 1. The van der Waals surface area contributed by atoms with Gasteiger partial charge in [0.25, 0.3) is 5.56 Å². The highest BCUT2D eigenvalue weighted by Gasteiger charge is 2.21. The lowest BCUT2D eigenvalue weighted by atomic mass is 10.1. The predicted octanol–water partition coefficient (Wildman–Crippen LogP) is 3.87. The van der Waals surface area contributed by atoms with E-state index in [1.807, 2.05) is 49.4 Å². The average Bonchev–Trinajstić information content (AvgIpc) is 3.08. The van der Waals surface area contributed by atoms with E-state index in [0.717, 1.165) is 44.6 Å². The van der Waals surface area contributed by atoms with Gasteiger partial charge >= 0.3 is 0 Å². The fraction of sp³-hybridized carbons (Fsp3) is 0.143. The number of anilines is 3. The Balaban J connectivity index is 1.73. The Morgan fingerprint density at radius 2 is 1.93 bits per heavy atom. The average molecular weight is 390 g/mol. The summed E-state index contributed by atoms with van der Waals surface area (Å²) in [5.41, 5.74) is 9.13. The molecule has 6 nitrogen and oxygen atoms in total. The normalized spacial score (nSPS) is 13.4.